The van der Waals surface area contributed by atoms with Crippen molar-refractivity contribution in [1.82, 2.24) is 4.98 Å². The summed E-state index contributed by atoms with van der Waals surface area (Å²) >= 11 is 16.2. The Labute approximate surface area is 112 Å². The summed E-state index contributed by atoms with van der Waals surface area (Å²) in [4.78, 5) is 15.0. The van der Waals surface area contributed by atoms with Crippen LogP contribution in [0.5, 0.6) is 0 Å². The van der Waals surface area contributed by atoms with Gasteiger partial charge < -0.3 is 4.74 Å². The van der Waals surface area contributed by atoms with Gasteiger partial charge in [-0.3, -0.25) is 5.32 Å². The number of carbonyl (C=O) groups excluding carboxylic acids is 1. The lowest BCUT2D eigenvalue weighted by molar-refractivity contribution is 0.164. The van der Waals surface area contributed by atoms with E-state index >= 15 is 0 Å². The van der Waals surface area contributed by atoms with Gasteiger partial charge in [0.15, 0.2) is 0 Å². The summed E-state index contributed by atoms with van der Waals surface area (Å²) < 4.78 is 2.98. The molecule has 0 atom stereocenters. The maximum Gasteiger partial charge on any atom is 0.411 e. The Morgan fingerprint density at radius 3 is 2.71 bits per heavy atom. The van der Waals surface area contributed by atoms with Crippen LogP contribution in [0.2, 0.25) is 0 Å². The molecule has 17 heavy (non-hydrogen) atoms. The SMILES string of the molecule is N#Cc1ccc(NC(=O)OCC(Cl)(Cl)Cl)cn1. The normalized spacial score (nSPS) is 10.5. The van der Waals surface area contributed by atoms with Crippen LogP contribution in [0, 0.1) is 11.3 Å². The Hall–Kier alpha value is -1.22. The van der Waals surface area contributed by atoms with Gasteiger partial charge in [-0.25, -0.2) is 9.78 Å². The third kappa shape index (κ3) is 5.59. The minimum Gasteiger partial charge on any atom is -0.445 e. The number of hydrogen-bond donors (Lipinski definition) is 1. The number of aromatic nitrogens is 1. The van der Waals surface area contributed by atoms with E-state index < -0.39 is 9.89 Å². The number of rotatable bonds is 2. The largest absolute Gasteiger partial charge is 0.445 e. The molecule has 0 saturated carbocycles. The van der Waals surface area contributed by atoms with E-state index in [1.165, 1.54) is 18.3 Å². The van der Waals surface area contributed by atoms with Crippen molar-refractivity contribution in [2.24, 2.45) is 0 Å². The zero-order valence-electron chi connectivity index (χ0n) is 8.28. The number of pyridine rings is 1. The topological polar surface area (TPSA) is 75.0 Å². The third-order valence-electron chi connectivity index (χ3n) is 1.49. The first kappa shape index (κ1) is 13.8. The molecule has 0 radical (unpaired) electrons. The number of nitrogens with zero attached hydrogens (tertiary/aromatic N) is 2. The van der Waals surface area contributed by atoms with E-state index in [1.54, 1.807) is 0 Å². The Balaban J connectivity index is 2.48. The molecule has 1 rings (SSSR count). The highest BCUT2D eigenvalue weighted by Gasteiger charge is 2.22. The zero-order chi connectivity index (χ0) is 12.9. The van der Waals surface area contributed by atoms with Gasteiger partial charge in [0, 0.05) is 0 Å². The maximum absolute atomic E-state index is 11.2. The molecule has 8 heteroatoms. The smallest absolute Gasteiger partial charge is 0.411 e. The molecule has 0 unspecified atom stereocenters. The van der Waals surface area contributed by atoms with Gasteiger partial charge in [-0.2, -0.15) is 5.26 Å². The van der Waals surface area contributed by atoms with E-state index in [9.17, 15) is 4.79 Å². The number of hydrogen-bond acceptors (Lipinski definition) is 4. The number of nitrogens with one attached hydrogen (secondary N) is 1. The summed E-state index contributed by atoms with van der Waals surface area (Å²) in [6.07, 6.45) is 0.539. The number of ether oxygens (including phenoxy) is 1. The van der Waals surface area contributed by atoms with Gasteiger partial charge >= 0.3 is 6.09 Å². The van der Waals surface area contributed by atoms with E-state index in [4.69, 9.17) is 40.1 Å². The van der Waals surface area contributed by atoms with Gasteiger partial charge in [0.1, 0.15) is 18.4 Å². The van der Waals surface area contributed by atoms with Gasteiger partial charge in [-0.05, 0) is 12.1 Å². The van der Waals surface area contributed by atoms with Crippen molar-refractivity contribution in [3.63, 3.8) is 0 Å². The van der Waals surface area contributed by atoms with Crippen LogP contribution in [-0.4, -0.2) is 21.5 Å². The molecule has 0 aliphatic rings. The van der Waals surface area contributed by atoms with E-state index in [2.05, 4.69) is 15.0 Å². The second-order valence-corrected chi connectivity index (χ2v) is 5.38. The Morgan fingerprint density at radius 2 is 2.24 bits per heavy atom. The van der Waals surface area contributed by atoms with Crippen LogP contribution in [0.1, 0.15) is 5.69 Å². The molecule has 1 N–H and O–H groups in total. The Bertz CT molecular complexity index is 436. The summed E-state index contributed by atoms with van der Waals surface area (Å²) in [5, 5.41) is 10.9. The summed E-state index contributed by atoms with van der Waals surface area (Å²) in [6.45, 7) is -0.368. The number of nitriles is 1. The fraction of sp³-hybridized carbons (Fsp3) is 0.222. The molecule has 1 aromatic rings. The van der Waals surface area contributed by atoms with Crippen molar-refractivity contribution in [3.05, 3.63) is 24.0 Å². The number of alkyl halides is 3. The lowest BCUT2D eigenvalue weighted by atomic mass is 10.3. The molecule has 0 spiro atoms. The molecule has 5 nitrogen and oxygen atoms in total. The summed E-state index contributed by atoms with van der Waals surface area (Å²) in [5.74, 6) is 0. The fourth-order valence-electron chi connectivity index (χ4n) is 0.835. The lowest BCUT2D eigenvalue weighted by Crippen LogP contribution is -2.21. The van der Waals surface area contributed by atoms with Crippen LogP contribution in [0.15, 0.2) is 18.3 Å². The third-order valence-corrected chi connectivity index (χ3v) is 1.82. The van der Waals surface area contributed by atoms with E-state index in [0.29, 0.717) is 5.69 Å². The predicted octanol–water partition coefficient (Wildman–Crippen LogP) is 2.87. The number of carbonyl (C=O) groups is 1. The van der Waals surface area contributed by atoms with Crippen molar-refractivity contribution in [3.8, 4) is 6.07 Å². The summed E-state index contributed by atoms with van der Waals surface area (Å²) in [7, 11) is 0. The van der Waals surface area contributed by atoms with E-state index in [0.717, 1.165) is 0 Å². The van der Waals surface area contributed by atoms with Gasteiger partial charge in [0.25, 0.3) is 0 Å². The molecule has 0 saturated heterocycles. The summed E-state index contributed by atoms with van der Waals surface area (Å²) in [6, 6.07) is 4.80. The first-order valence-corrected chi connectivity index (χ1v) is 5.41. The number of amides is 1. The highest BCUT2D eigenvalue weighted by atomic mass is 35.6. The van der Waals surface area contributed by atoms with Gasteiger partial charge in [0.05, 0.1) is 11.9 Å². The molecule has 0 aliphatic carbocycles. The minimum absolute atomic E-state index is 0.241. The fourth-order valence-corrected chi connectivity index (χ4v) is 0.999. The second-order valence-electron chi connectivity index (χ2n) is 2.86. The Kier molecular flexibility index (Phi) is 4.82. The van der Waals surface area contributed by atoms with Crippen molar-refractivity contribution < 1.29 is 9.53 Å². The lowest BCUT2D eigenvalue weighted by Gasteiger charge is -2.11. The van der Waals surface area contributed by atoms with Crippen LogP contribution in [-0.2, 0) is 4.74 Å². The standard InChI is InChI=1S/C9H6Cl3N3O2/c10-9(11,12)5-17-8(16)15-7-2-1-6(3-13)14-4-7/h1-2,4H,5H2,(H,15,16). The zero-order valence-corrected chi connectivity index (χ0v) is 10.6. The molecular weight excluding hydrogens is 288 g/mol. The number of halogens is 3. The van der Waals surface area contributed by atoms with Crippen molar-refractivity contribution in [2.75, 3.05) is 11.9 Å². The van der Waals surface area contributed by atoms with Crippen molar-refractivity contribution in [2.45, 2.75) is 3.79 Å². The molecule has 1 heterocycles. The number of anilines is 1. The molecule has 90 valence electrons. The minimum atomic E-state index is -1.65. The first-order valence-electron chi connectivity index (χ1n) is 4.27. The molecule has 0 aromatic carbocycles. The first-order chi connectivity index (χ1) is 7.90. The van der Waals surface area contributed by atoms with Gasteiger partial charge in [0.2, 0.25) is 3.79 Å². The average Bonchev–Trinajstić information content (AvgIpc) is 2.27. The molecular formula is C9H6Cl3N3O2. The molecule has 1 amide bonds. The second kappa shape index (κ2) is 5.92. The van der Waals surface area contributed by atoms with Crippen molar-refractivity contribution in [1.29, 1.82) is 5.26 Å². The predicted molar refractivity (Wildman–Crippen MR) is 64.2 cm³/mol. The van der Waals surface area contributed by atoms with E-state index in [1.807, 2.05) is 6.07 Å². The molecule has 1 aromatic heterocycles. The van der Waals surface area contributed by atoms with Crippen LogP contribution < -0.4 is 5.32 Å². The molecule has 0 aliphatic heterocycles. The van der Waals surface area contributed by atoms with Crippen LogP contribution in [0.3, 0.4) is 0 Å². The molecule has 0 fully saturated rings. The van der Waals surface area contributed by atoms with Crippen LogP contribution in [0.25, 0.3) is 0 Å². The highest BCUT2D eigenvalue weighted by Crippen LogP contribution is 2.26. The van der Waals surface area contributed by atoms with Gasteiger partial charge in [-0.1, -0.05) is 34.8 Å². The van der Waals surface area contributed by atoms with Crippen LogP contribution in [0.4, 0.5) is 10.5 Å². The van der Waals surface area contributed by atoms with Gasteiger partial charge in [-0.15, -0.1) is 0 Å². The quantitative estimate of drug-likeness (QED) is 0.851. The average molecular weight is 295 g/mol. The van der Waals surface area contributed by atoms with E-state index in [-0.39, 0.29) is 12.3 Å². The van der Waals surface area contributed by atoms with Crippen molar-refractivity contribution >= 4 is 46.6 Å². The van der Waals surface area contributed by atoms with Crippen LogP contribution >= 0.6 is 34.8 Å². The maximum atomic E-state index is 11.2. The summed E-state index contributed by atoms with van der Waals surface area (Å²) in [5.41, 5.74) is 0.614. The molecule has 0 bridgehead atoms. The highest BCUT2D eigenvalue weighted by molar-refractivity contribution is 6.67. The monoisotopic (exact) mass is 293 g/mol. The Morgan fingerprint density at radius 1 is 1.53 bits per heavy atom.